The number of carbonyl (C=O) groups excluding carboxylic acids is 1. The molecular weight excluding hydrogens is 368 g/mol. The number of pyridine rings is 1. The minimum atomic E-state index is -1.71. The number of hydrogen-bond acceptors (Lipinski definition) is 5. The zero-order valence-electron chi connectivity index (χ0n) is 15.7. The third-order valence-corrected chi connectivity index (χ3v) is 5.19. The third-order valence-electron chi connectivity index (χ3n) is 5.19. The van der Waals surface area contributed by atoms with Crippen LogP contribution in [0.5, 0.6) is 0 Å². The monoisotopic (exact) mass is 390 g/mol. The fourth-order valence-electron chi connectivity index (χ4n) is 3.80. The Morgan fingerprint density at radius 1 is 1.00 bits per heavy atom. The molecule has 0 fully saturated rings. The van der Waals surface area contributed by atoms with E-state index in [4.69, 9.17) is 4.74 Å². The first-order valence-corrected chi connectivity index (χ1v) is 9.50. The molecule has 1 aromatic heterocycles. The summed E-state index contributed by atoms with van der Waals surface area (Å²) in [5, 5.41) is 21.8. The van der Waals surface area contributed by atoms with Crippen LogP contribution in [0.1, 0.15) is 22.6 Å². The van der Waals surface area contributed by atoms with E-state index in [1.54, 1.807) is 18.5 Å². The van der Waals surface area contributed by atoms with Gasteiger partial charge in [-0.05, 0) is 40.3 Å². The van der Waals surface area contributed by atoms with Gasteiger partial charge in [0.05, 0.1) is 6.04 Å². The molecule has 1 aliphatic carbocycles. The fraction of sp³-hybridized carbons (Fsp3) is 0.217. The lowest BCUT2D eigenvalue weighted by Gasteiger charge is -2.21. The first kappa shape index (κ1) is 19.1. The Morgan fingerprint density at radius 3 is 2.24 bits per heavy atom. The molecule has 0 saturated heterocycles. The van der Waals surface area contributed by atoms with Crippen LogP contribution < -0.4 is 5.32 Å². The van der Waals surface area contributed by atoms with Gasteiger partial charge in [0.2, 0.25) is 0 Å². The summed E-state index contributed by atoms with van der Waals surface area (Å²) in [4.78, 5) is 16.4. The first-order chi connectivity index (χ1) is 14.1. The maximum absolute atomic E-state index is 12.4. The molecule has 0 radical (unpaired) electrons. The molecule has 2 aromatic carbocycles. The number of nitrogens with one attached hydrogen (secondary N) is 1. The highest BCUT2D eigenvalue weighted by Gasteiger charge is 2.29. The van der Waals surface area contributed by atoms with Gasteiger partial charge in [-0.2, -0.15) is 0 Å². The summed E-state index contributed by atoms with van der Waals surface area (Å²) in [6.07, 6.45) is 1.08. The van der Waals surface area contributed by atoms with Crippen LogP contribution in [-0.2, 0) is 11.2 Å². The second kappa shape index (κ2) is 8.43. The Labute approximate surface area is 168 Å². The highest BCUT2D eigenvalue weighted by atomic mass is 16.5. The quantitative estimate of drug-likeness (QED) is 0.563. The van der Waals surface area contributed by atoms with Gasteiger partial charge in [0, 0.05) is 18.3 Å². The summed E-state index contributed by atoms with van der Waals surface area (Å²) in [6.45, 7) is 0.168. The summed E-state index contributed by atoms with van der Waals surface area (Å²) in [7, 11) is 0. The number of aliphatic hydroxyl groups excluding tert-OH is 1. The van der Waals surface area contributed by atoms with Gasteiger partial charge in [0.25, 0.3) is 0 Å². The van der Waals surface area contributed by atoms with Crippen LogP contribution in [0.2, 0.25) is 0 Å². The molecule has 1 aliphatic rings. The van der Waals surface area contributed by atoms with E-state index in [9.17, 15) is 15.0 Å². The van der Waals surface area contributed by atoms with Crippen LogP contribution in [-0.4, -0.2) is 40.2 Å². The van der Waals surface area contributed by atoms with Gasteiger partial charge >= 0.3 is 6.09 Å². The summed E-state index contributed by atoms with van der Waals surface area (Å²) in [5.74, 6) is -0.0519. The molecule has 0 bridgehead atoms. The topological polar surface area (TPSA) is 91.7 Å². The van der Waals surface area contributed by atoms with Crippen LogP contribution >= 0.6 is 0 Å². The van der Waals surface area contributed by atoms with Gasteiger partial charge < -0.3 is 20.3 Å². The Balaban J connectivity index is 1.43. The summed E-state index contributed by atoms with van der Waals surface area (Å²) >= 11 is 0. The van der Waals surface area contributed by atoms with Gasteiger partial charge in [0.15, 0.2) is 6.29 Å². The lowest BCUT2D eigenvalue weighted by Crippen LogP contribution is -2.45. The van der Waals surface area contributed by atoms with Crippen molar-refractivity contribution in [2.75, 3.05) is 6.61 Å². The molecule has 3 N–H and O–H groups in total. The normalized spacial score (nSPS) is 13.6. The van der Waals surface area contributed by atoms with Crippen molar-refractivity contribution in [3.8, 4) is 11.1 Å². The van der Waals surface area contributed by atoms with Crippen LogP contribution in [0.4, 0.5) is 4.79 Å². The average molecular weight is 390 g/mol. The predicted octanol–water partition coefficient (Wildman–Crippen LogP) is 2.84. The van der Waals surface area contributed by atoms with E-state index in [1.807, 2.05) is 42.5 Å². The maximum Gasteiger partial charge on any atom is 0.407 e. The number of aliphatic hydroxyl groups is 2. The van der Waals surface area contributed by atoms with Crippen molar-refractivity contribution in [2.24, 2.45) is 0 Å². The molecule has 148 valence electrons. The van der Waals surface area contributed by atoms with E-state index in [0.29, 0.717) is 0 Å². The molecule has 29 heavy (non-hydrogen) atoms. The summed E-state index contributed by atoms with van der Waals surface area (Å²) in [6, 6.07) is 18.8. The SMILES string of the molecule is O=C(N[C@H](Cc1cccnc1)C(O)O)OCC1c2ccccc2-c2ccccc21. The highest BCUT2D eigenvalue weighted by Crippen LogP contribution is 2.44. The Hall–Kier alpha value is -3.22. The molecule has 6 nitrogen and oxygen atoms in total. The smallest absolute Gasteiger partial charge is 0.407 e. The van der Waals surface area contributed by atoms with E-state index in [2.05, 4.69) is 22.4 Å². The molecule has 1 heterocycles. The number of hydrogen-bond donors (Lipinski definition) is 3. The van der Waals surface area contributed by atoms with Crippen LogP contribution in [0.25, 0.3) is 11.1 Å². The lowest BCUT2D eigenvalue weighted by atomic mass is 9.98. The Bertz CT molecular complexity index is 945. The molecule has 6 heteroatoms. The molecule has 3 aromatic rings. The zero-order valence-corrected chi connectivity index (χ0v) is 15.7. The molecule has 0 aliphatic heterocycles. The predicted molar refractivity (Wildman–Crippen MR) is 108 cm³/mol. The van der Waals surface area contributed by atoms with E-state index in [-0.39, 0.29) is 18.9 Å². The third kappa shape index (κ3) is 4.13. The van der Waals surface area contributed by atoms with Crippen molar-refractivity contribution in [3.63, 3.8) is 0 Å². The second-order valence-corrected chi connectivity index (χ2v) is 7.06. The molecule has 0 unspecified atom stereocenters. The Kier molecular flexibility index (Phi) is 5.55. The number of rotatable bonds is 6. The summed E-state index contributed by atoms with van der Waals surface area (Å²) < 4.78 is 5.47. The van der Waals surface area contributed by atoms with Crippen molar-refractivity contribution in [3.05, 3.63) is 89.7 Å². The molecular formula is C23H22N2O4. The number of nitrogens with zero attached hydrogens (tertiary/aromatic N) is 1. The van der Waals surface area contributed by atoms with E-state index >= 15 is 0 Å². The van der Waals surface area contributed by atoms with Gasteiger partial charge in [-0.25, -0.2) is 4.79 Å². The second-order valence-electron chi connectivity index (χ2n) is 7.06. The number of aromatic nitrogens is 1. The van der Waals surface area contributed by atoms with Crippen molar-refractivity contribution < 1.29 is 19.7 Å². The maximum atomic E-state index is 12.4. The van der Waals surface area contributed by atoms with Crippen molar-refractivity contribution in [1.82, 2.24) is 10.3 Å². The van der Waals surface area contributed by atoms with E-state index in [1.165, 1.54) is 0 Å². The minimum Gasteiger partial charge on any atom is -0.449 e. The van der Waals surface area contributed by atoms with E-state index < -0.39 is 18.4 Å². The average Bonchev–Trinajstić information content (AvgIpc) is 3.06. The zero-order chi connectivity index (χ0) is 20.2. The largest absolute Gasteiger partial charge is 0.449 e. The number of benzene rings is 2. The van der Waals surface area contributed by atoms with Crippen LogP contribution in [0.15, 0.2) is 73.1 Å². The molecule has 0 spiro atoms. The van der Waals surface area contributed by atoms with Crippen LogP contribution in [0, 0.1) is 0 Å². The van der Waals surface area contributed by atoms with Crippen molar-refractivity contribution >= 4 is 6.09 Å². The lowest BCUT2D eigenvalue weighted by molar-refractivity contribution is -0.0659. The van der Waals surface area contributed by atoms with Gasteiger partial charge in [-0.3, -0.25) is 4.98 Å². The van der Waals surface area contributed by atoms with Crippen molar-refractivity contribution in [2.45, 2.75) is 24.7 Å². The molecule has 1 atom stereocenters. The highest BCUT2D eigenvalue weighted by molar-refractivity contribution is 5.79. The molecule has 1 amide bonds. The van der Waals surface area contributed by atoms with Gasteiger partial charge in [-0.1, -0.05) is 54.6 Å². The minimum absolute atomic E-state index is 0.0519. The standard InChI is InChI=1S/C23H22N2O4/c26-22(27)21(12-15-6-5-11-24-13-15)25-23(28)29-14-20-18-9-3-1-7-16(18)17-8-2-4-10-19(17)20/h1-11,13,20-22,26-27H,12,14H2,(H,25,28)/t21-/m1/s1. The Morgan fingerprint density at radius 2 is 1.66 bits per heavy atom. The molecule has 4 rings (SSSR count). The van der Waals surface area contributed by atoms with Crippen LogP contribution in [0.3, 0.4) is 0 Å². The number of amides is 1. The number of alkyl carbamates (subject to hydrolysis) is 1. The van der Waals surface area contributed by atoms with Gasteiger partial charge in [0.1, 0.15) is 6.61 Å². The molecule has 0 saturated carbocycles. The number of carbonyl (C=O) groups is 1. The summed E-state index contributed by atoms with van der Waals surface area (Å²) in [5.41, 5.74) is 5.32. The van der Waals surface area contributed by atoms with E-state index in [0.717, 1.165) is 27.8 Å². The van der Waals surface area contributed by atoms with Gasteiger partial charge in [-0.15, -0.1) is 0 Å². The fourth-order valence-corrected chi connectivity index (χ4v) is 3.80. The number of ether oxygens (including phenoxy) is 1. The number of fused-ring (bicyclic) bond motifs is 3. The van der Waals surface area contributed by atoms with Crippen molar-refractivity contribution in [1.29, 1.82) is 0 Å². The first-order valence-electron chi connectivity index (χ1n) is 9.50.